The van der Waals surface area contributed by atoms with Gasteiger partial charge in [0.15, 0.2) is 11.5 Å². The summed E-state index contributed by atoms with van der Waals surface area (Å²) in [5.41, 5.74) is 6.80. The third-order valence-electron chi connectivity index (χ3n) is 2.13. The van der Waals surface area contributed by atoms with Crippen molar-refractivity contribution in [2.45, 2.75) is 25.8 Å². The maximum absolute atomic E-state index is 9.36. The van der Waals surface area contributed by atoms with Gasteiger partial charge in [-0.15, -0.1) is 12.4 Å². The maximum Gasteiger partial charge on any atom is 0.160 e. The SMILES string of the molecule is COc1cc(CCC(C)N)ccc1O.Cl. The van der Waals surface area contributed by atoms with Crippen LogP contribution in [-0.2, 0) is 6.42 Å². The van der Waals surface area contributed by atoms with Gasteiger partial charge >= 0.3 is 0 Å². The third-order valence-corrected chi connectivity index (χ3v) is 2.13. The van der Waals surface area contributed by atoms with Crippen LogP contribution in [0.1, 0.15) is 18.9 Å². The largest absolute Gasteiger partial charge is 0.504 e. The number of aromatic hydroxyl groups is 1. The van der Waals surface area contributed by atoms with Crippen LogP contribution in [0.4, 0.5) is 0 Å². The zero-order chi connectivity index (χ0) is 10.6. The molecule has 1 atom stereocenters. The number of phenols is 1. The Balaban J connectivity index is 0.00000196. The highest BCUT2D eigenvalue weighted by atomic mass is 35.5. The van der Waals surface area contributed by atoms with Crippen molar-refractivity contribution in [2.24, 2.45) is 5.73 Å². The first-order chi connectivity index (χ1) is 6.63. The Hall–Kier alpha value is -0.930. The molecule has 1 aromatic carbocycles. The second kappa shape index (κ2) is 6.53. The topological polar surface area (TPSA) is 55.5 Å². The summed E-state index contributed by atoms with van der Waals surface area (Å²) in [6, 6.07) is 5.59. The molecule has 0 heterocycles. The van der Waals surface area contributed by atoms with Crippen LogP contribution in [0, 0.1) is 0 Å². The lowest BCUT2D eigenvalue weighted by molar-refractivity contribution is 0.373. The Morgan fingerprint density at radius 2 is 2.13 bits per heavy atom. The molecule has 0 aliphatic carbocycles. The molecule has 3 nitrogen and oxygen atoms in total. The molecule has 1 unspecified atom stereocenters. The summed E-state index contributed by atoms with van der Waals surface area (Å²) in [7, 11) is 1.55. The van der Waals surface area contributed by atoms with Gasteiger partial charge in [-0.25, -0.2) is 0 Å². The zero-order valence-corrected chi connectivity index (χ0v) is 9.88. The molecule has 0 spiro atoms. The molecule has 0 bridgehead atoms. The van der Waals surface area contributed by atoms with Crippen molar-refractivity contribution in [1.82, 2.24) is 0 Å². The second-order valence-electron chi connectivity index (χ2n) is 3.52. The lowest BCUT2D eigenvalue weighted by Crippen LogP contribution is -2.15. The second-order valence-corrected chi connectivity index (χ2v) is 3.52. The average molecular weight is 232 g/mol. The normalized spacial score (nSPS) is 11.7. The van der Waals surface area contributed by atoms with Crippen LogP contribution in [-0.4, -0.2) is 18.3 Å². The smallest absolute Gasteiger partial charge is 0.160 e. The molecular formula is C11H18ClNO2. The molecule has 0 aliphatic rings. The standard InChI is InChI=1S/C11H17NO2.ClH/c1-8(12)3-4-9-5-6-10(13)11(7-9)14-2;/h5-8,13H,3-4,12H2,1-2H3;1H. The minimum Gasteiger partial charge on any atom is -0.504 e. The van der Waals surface area contributed by atoms with Crippen molar-refractivity contribution in [3.8, 4) is 11.5 Å². The minimum absolute atomic E-state index is 0. The van der Waals surface area contributed by atoms with E-state index in [0.717, 1.165) is 18.4 Å². The van der Waals surface area contributed by atoms with Crippen LogP contribution < -0.4 is 10.5 Å². The van der Waals surface area contributed by atoms with Gasteiger partial charge in [0.05, 0.1) is 7.11 Å². The van der Waals surface area contributed by atoms with Gasteiger partial charge in [-0.2, -0.15) is 0 Å². The van der Waals surface area contributed by atoms with Crippen molar-refractivity contribution < 1.29 is 9.84 Å². The van der Waals surface area contributed by atoms with E-state index in [0.29, 0.717) is 5.75 Å². The van der Waals surface area contributed by atoms with Gasteiger partial charge in [0.25, 0.3) is 0 Å². The predicted molar refractivity (Wildman–Crippen MR) is 63.9 cm³/mol. The molecule has 0 aromatic heterocycles. The number of phenolic OH excluding ortho intramolecular Hbond substituents is 1. The van der Waals surface area contributed by atoms with Crippen molar-refractivity contribution in [3.05, 3.63) is 23.8 Å². The number of hydrogen-bond donors (Lipinski definition) is 2. The molecular weight excluding hydrogens is 214 g/mol. The zero-order valence-electron chi connectivity index (χ0n) is 9.06. The van der Waals surface area contributed by atoms with E-state index in [9.17, 15) is 5.11 Å². The van der Waals surface area contributed by atoms with Gasteiger partial charge in [-0.1, -0.05) is 6.07 Å². The average Bonchev–Trinajstić information content (AvgIpc) is 2.16. The quantitative estimate of drug-likeness (QED) is 0.835. The lowest BCUT2D eigenvalue weighted by atomic mass is 10.1. The first kappa shape index (κ1) is 14.1. The van der Waals surface area contributed by atoms with Crippen LogP contribution in [0.5, 0.6) is 11.5 Å². The summed E-state index contributed by atoms with van der Waals surface area (Å²) >= 11 is 0. The van der Waals surface area contributed by atoms with Crippen LogP contribution in [0.3, 0.4) is 0 Å². The van der Waals surface area contributed by atoms with Crippen LogP contribution >= 0.6 is 12.4 Å². The van der Waals surface area contributed by atoms with Crippen LogP contribution in [0.25, 0.3) is 0 Å². The summed E-state index contributed by atoms with van der Waals surface area (Å²) < 4.78 is 5.01. The van der Waals surface area contributed by atoms with Crippen molar-refractivity contribution in [2.75, 3.05) is 7.11 Å². The monoisotopic (exact) mass is 231 g/mol. The lowest BCUT2D eigenvalue weighted by Gasteiger charge is -2.08. The Labute approximate surface area is 96.7 Å². The number of hydrogen-bond acceptors (Lipinski definition) is 3. The molecule has 0 saturated carbocycles. The first-order valence-electron chi connectivity index (χ1n) is 4.75. The molecule has 0 fully saturated rings. The highest BCUT2D eigenvalue weighted by Crippen LogP contribution is 2.26. The fourth-order valence-electron chi connectivity index (χ4n) is 1.27. The first-order valence-corrected chi connectivity index (χ1v) is 4.75. The van der Waals surface area contributed by atoms with Gasteiger partial charge < -0.3 is 15.6 Å². The van der Waals surface area contributed by atoms with Crippen LogP contribution in [0.15, 0.2) is 18.2 Å². The number of benzene rings is 1. The summed E-state index contributed by atoms with van der Waals surface area (Å²) in [6.07, 6.45) is 1.85. The van der Waals surface area contributed by atoms with Gasteiger partial charge in [-0.05, 0) is 37.5 Å². The van der Waals surface area contributed by atoms with E-state index in [1.165, 1.54) is 0 Å². The van der Waals surface area contributed by atoms with E-state index >= 15 is 0 Å². The summed E-state index contributed by atoms with van der Waals surface area (Å²) in [6.45, 7) is 1.98. The van der Waals surface area contributed by atoms with E-state index in [2.05, 4.69) is 0 Å². The summed E-state index contributed by atoms with van der Waals surface area (Å²) in [4.78, 5) is 0. The number of aryl methyl sites for hydroxylation is 1. The molecule has 1 rings (SSSR count). The number of ether oxygens (including phenoxy) is 1. The molecule has 0 radical (unpaired) electrons. The predicted octanol–water partition coefficient (Wildman–Crippen LogP) is 2.10. The summed E-state index contributed by atoms with van der Waals surface area (Å²) in [5.74, 6) is 0.698. The van der Waals surface area contributed by atoms with Crippen LogP contribution in [0.2, 0.25) is 0 Å². The van der Waals surface area contributed by atoms with Crippen molar-refractivity contribution in [3.63, 3.8) is 0 Å². The van der Waals surface area contributed by atoms with E-state index in [-0.39, 0.29) is 24.2 Å². The molecule has 15 heavy (non-hydrogen) atoms. The third kappa shape index (κ3) is 4.40. The van der Waals surface area contributed by atoms with Gasteiger partial charge in [0, 0.05) is 6.04 Å². The fraction of sp³-hybridized carbons (Fsp3) is 0.455. The highest BCUT2D eigenvalue weighted by Gasteiger charge is 2.03. The number of rotatable bonds is 4. The fourth-order valence-corrected chi connectivity index (χ4v) is 1.27. The molecule has 0 aliphatic heterocycles. The summed E-state index contributed by atoms with van der Waals surface area (Å²) in [5, 5.41) is 9.36. The molecule has 1 aromatic rings. The van der Waals surface area contributed by atoms with Gasteiger partial charge in [0.1, 0.15) is 0 Å². The number of methoxy groups -OCH3 is 1. The molecule has 0 amide bonds. The number of halogens is 1. The van der Waals surface area contributed by atoms with Gasteiger partial charge in [-0.3, -0.25) is 0 Å². The van der Waals surface area contributed by atoms with Gasteiger partial charge in [0.2, 0.25) is 0 Å². The van der Waals surface area contributed by atoms with E-state index in [1.54, 1.807) is 13.2 Å². The maximum atomic E-state index is 9.36. The Morgan fingerprint density at radius 1 is 1.47 bits per heavy atom. The molecule has 0 saturated heterocycles. The molecule has 3 N–H and O–H groups in total. The van der Waals surface area contributed by atoms with Crippen molar-refractivity contribution >= 4 is 12.4 Å². The highest BCUT2D eigenvalue weighted by molar-refractivity contribution is 5.85. The molecule has 4 heteroatoms. The van der Waals surface area contributed by atoms with E-state index in [4.69, 9.17) is 10.5 Å². The van der Waals surface area contributed by atoms with Crippen molar-refractivity contribution in [1.29, 1.82) is 0 Å². The Bertz CT molecular complexity index is 303. The number of nitrogens with two attached hydrogens (primary N) is 1. The van der Waals surface area contributed by atoms with E-state index in [1.807, 2.05) is 19.1 Å². The Morgan fingerprint density at radius 3 is 2.67 bits per heavy atom. The van der Waals surface area contributed by atoms with E-state index < -0.39 is 0 Å². The Kier molecular flexibility index (Phi) is 6.13. The minimum atomic E-state index is 0. The molecule has 86 valence electrons.